The van der Waals surface area contributed by atoms with Gasteiger partial charge in [-0.05, 0) is 48.4 Å². The van der Waals surface area contributed by atoms with Gasteiger partial charge < -0.3 is 15.0 Å². The van der Waals surface area contributed by atoms with Crippen LogP contribution >= 0.6 is 11.6 Å². The summed E-state index contributed by atoms with van der Waals surface area (Å²) in [6, 6.07) is 16.2. The number of anilines is 1. The molecule has 0 aliphatic carbocycles. The molecule has 0 saturated heterocycles. The molecule has 9 heteroatoms. The van der Waals surface area contributed by atoms with Crippen LogP contribution in [0.15, 0.2) is 59.4 Å². The molecule has 32 heavy (non-hydrogen) atoms. The summed E-state index contributed by atoms with van der Waals surface area (Å²) in [6.07, 6.45) is 0.428. The molecule has 1 aliphatic rings. The maximum Gasteiger partial charge on any atom is 0.322 e. The molecule has 3 heterocycles. The number of nitrogens with zero attached hydrogens (tertiary/aromatic N) is 3. The number of amides is 2. The van der Waals surface area contributed by atoms with E-state index in [9.17, 15) is 9.59 Å². The van der Waals surface area contributed by atoms with Crippen molar-refractivity contribution in [3.63, 3.8) is 0 Å². The third-order valence-corrected chi connectivity index (χ3v) is 5.90. The van der Waals surface area contributed by atoms with Crippen molar-refractivity contribution < 1.29 is 9.53 Å². The van der Waals surface area contributed by atoms with E-state index in [1.165, 1.54) is 4.52 Å². The minimum atomic E-state index is -0.279. The van der Waals surface area contributed by atoms with E-state index < -0.39 is 0 Å². The molecule has 1 aliphatic heterocycles. The van der Waals surface area contributed by atoms with Gasteiger partial charge in [-0.2, -0.15) is 0 Å². The Morgan fingerprint density at radius 2 is 1.97 bits per heavy atom. The summed E-state index contributed by atoms with van der Waals surface area (Å²) in [6.45, 7) is 0.665. The number of ether oxygens (including phenoxy) is 1. The molecule has 0 spiro atoms. The van der Waals surface area contributed by atoms with Crippen molar-refractivity contribution in [2.45, 2.75) is 13.0 Å². The van der Waals surface area contributed by atoms with Gasteiger partial charge in [0.2, 0.25) is 0 Å². The summed E-state index contributed by atoms with van der Waals surface area (Å²) in [5.74, 6) is 0.755. The predicted molar refractivity (Wildman–Crippen MR) is 122 cm³/mol. The molecule has 5 rings (SSSR count). The molecule has 8 nitrogen and oxygen atoms in total. The zero-order valence-electron chi connectivity index (χ0n) is 17.3. The Morgan fingerprint density at radius 3 is 2.72 bits per heavy atom. The molecule has 2 N–H and O–H groups in total. The molecule has 0 atom stereocenters. The summed E-state index contributed by atoms with van der Waals surface area (Å²) in [4.78, 5) is 32.1. The zero-order valence-corrected chi connectivity index (χ0v) is 18.0. The number of rotatable bonds is 3. The molecule has 0 unspecified atom stereocenters. The summed E-state index contributed by atoms with van der Waals surface area (Å²) in [5, 5.41) is 6.43. The van der Waals surface area contributed by atoms with E-state index >= 15 is 0 Å². The van der Waals surface area contributed by atoms with Gasteiger partial charge in [-0.15, -0.1) is 0 Å². The molecule has 0 radical (unpaired) electrons. The highest BCUT2D eigenvalue weighted by Gasteiger charge is 2.26. The second-order valence-electron chi connectivity index (χ2n) is 7.52. The Kier molecular flexibility index (Phi) is 5.07. The molecule has 2 aromatic heterocycles. The highest BCUT2D eigenvalue weighted by molar-refractivity contribution is 6.33. The number of halogens is 1. The molecule has 0 bridgehead atoms. The number of hydrogen-bond acceptors (Lipinski definition) is 4. The number of fused-ring (bicyclic) bond motifs is 2. The highest BCUT2D eigenvalue weighted by atomic mass is 35.5. The van der Waals surface area contributed by atoms with Crippen LogP contribution in [-0.2, 0) is 13.0 Å². The van der Waals surface area contributed by atoms with E-state index in [1.54, 1.807) is 36.3 Å². The van der Waals surface area contributed by atoms with Crippen LogP contribution in [0, 0.1) is 0 Å². The molecule has 162 valence electrons. The highest BCUT2D eigenvalue weighted by Crippen LogP contribution is 2.24. The number of urea groups is 1. The van der Waals surface area contributed by atoms with Gasteiger partial charge in [-0.25, -0.2) is 14.3 Å². The Labute approximate surface area is 188 Å². The van der Waals surface area contributed by atoms with Crippen molar-refractivity contribution >= 4 is 29.0 Å². The fourth-order valence-corrected chi connectivity index (χ4v) is 4.03. The number of nitrogens with one attached hydrogen (secondary N) is 2. The van der Waals surface area contributed by atoms with E-state index in [-0.39, 0.29) is 18.1 Å². The fraction of sp³-hybridized carbons (Fsp3) is 0.174. The van der Waals surface area contributed by atoms with Crippen molar-refractivity contribution in [2.24, 2.45) is 0 Å². The van der Waals surface area contributed by atoms with E-state index in [0.717, 1.165) is 17.0 Å². The van der Waals surface area contributed by atoms with Gasteiger partial charge in [0.15, 0.2) is 5.65 Å². The molecule has 0 fully saturated rings. The molecular weight excluding hydrogens is 430 g/mol. The van der Waals surface area contributed by atoms with Gasteiger partial charge in [0.1, 0.15) is 5.75 Å². The number of carbonyl (C=O) groups excluding carboxylic acids is 1. The van der Waals surface area contributed by atoms with Crippen molar-refractivity contribution in [3.8, 4) is 17.0 Å². The average molecular weight is 450 g/mol. The summed E-state index contributed by atoms with van der Waals surface area (Å²) in [5.41, 5.74) is 3.82. The number of H-pyrrole nitrogens is 1. The van der Waals surface area contributed by atoms with Crippen molar-refractivity contribution in [2.75, 3.05) is 19.0 Å². The smallest absolute Gasteiger partial charge is 0.322 e. The van der Waals surface area contributed by atoms with Gasteiger partial charge in [0.25, 0.3) is 5.56 Å². The standard InChI is InChI=1S/C23H20ClN5O3/c1-32-15-8-6-14(7-9-15)19-12-21-25-20-13-28(11-10-16(20)22(30)29(21)27-19)23(31)26-18-5-3-2-4-17(18)24/h2-9,12,27H,10-11,13H2,1H3,(H,26,31). The first-order valence-electron chi connectivity index (χ1n) is 10.1. The molecule has 4 aromatic rings. The fourth-order valence-electron chi connectivity index (χ4n) is 3.84. The van der Waals surface area contributed by atoms with Gasteiger partial charge in [-0.1, -0.05) is 23.7 Å². The maximum atomic E-state index is 13.1. The Morgan fingerprint density at radius 1 is 1.19 bits per heavy atom. The van der Waals surface area contributed by atoms with Crippen molar-refractivity contribution in [1.82, 2.24) is 19.5 Å². The van der Waals surface area contributed by atoms with Crippen molar-refractivity contribution in [1.29, 1.82) is 0 Å². The van der Waals surface area contributed by atoms with Crippen LogP contribution in [0.2, 0.25) is 5.02 Å². The summed E-state index contributed by atoms with van der Waals surface area (Å²) in [7, 11) is 1.62. The first-order valence-corrected chi connectivity index (χ1v) is 10.5. The first kappa shape index (κ1) is 20.1. The number of carbonyl (C=O) groups is 1. The molecular formula is C23H20ClN5O3. The van der Waals surface area contributed by atoms with E-state index in [0.29, 0.717) is 40.6 Å². The topological polar surface area (TPSA) is 91.7 Å². The summed E-state index contributed by atoms with van der Waals surface area (Å²) < 4.78 is 6.66. The lowest BCUT2D eigenvalue weighted by Gasteiger charge is -2.28. The normalized spacial score (nSPS) is 13.1. The lowest BCUT2D eigenvalue weighted by atomic mass is 10.1. The van der Waals surface area contributed by atoms with Crippen LogP contribution in [0.5, 0.6) is 5.75 Å². The number of methoxy groups -OCH3 is 1. The zero-order chi connectivity index (χ0) is 22.2. The minimum Gasteiger partial charge on any atom is -0.497 e. The van der Waals surface area contributed by atoms with Crippen LogP contribution in [0.1, 0.15) is 11.3 Å². The Hall–Kier alpha value is -3.78. The SMILES string of the molecule is COc1ccc(-c2cc3nc4c(c(=O)n3[nH]2)CCN(C(=O)Nc2ccccc2Cl)C4)cc1. The lowest BCUT2D eigenvalue weighted by Crippen LogP contribution is -2.41. The Bertz CT molecular complexity index is 1380. The largest absolute Gasteiger partial charge is 0.497 e. The lowest BCUT2D eigenvalue weighted by molar-refractivity contribution is 0.205. The number of para-hydroxylation sites is 1. The second-order valence-corrected chi connectivity index (χ2v) is 7.92. The first-order chi connectivity index (χ1) is 15.5. The molecule has 2 aromatic carbocycles. The second kappa shape index (κ2) is 8.05. The number of hydrogen-bond donors (Lipinski definition) is 2. The van der Waals surface area contributed by atoms with Gasteiger partial charge in [-0.3, -0.25) is 9.89 Å². The van der Waals surface area contributed by atoms with E-state index in [1.807, 2.05) is 30.3 Å². The van der Waals surface area contributed by atoms with Crippen LogP contribution in [0.3, 0.4) is 0 Å². The molecule has 0 saturated carbocycles. The monoisotopic (exact) mass is 449 g/mol. The van der Waals surface area contributed by atoms with E-state index in [2.05, 4.69) is 15.4 Å². The minimum absolute atomic E-state index is 0.143. The van der Waals surface area contributed by atoms with Crippen LogP contribution in [-0.4, -0.2) is 39.2 Å². The molecule has 2 amide bonds. The van der Waals surface area contributed by atoms with Crippen LogP contribution in [0.4, 0.5) is 10.5 Å². The van der Waals surface area contributed by atoms with Gasteiger partial charge >= 0.3 is 6.03 Å². The van der Waals surface area contributed by atoms with Gasteiger partial charge in [0, 0.05) is 18.2 Å². The predicted octanol–water partition coefficient (Wildman–Crippen LogP) is 3.94. The van der Waals surface area contributed by atoms with Crippen LogP contribution in [0.25, 0.3) is 16.9 Å². The number of benzene rings is 2. The third kappa shape index (κ3) is 3.58. The quantitative estimate of drug-likeness (QED) is 0.495. The van der Waals surface area contributed by atoms with Gasteiger partial charge in [0.05, 0.1) is 35.8 Å². The number of aromatic amines is 1. The summed E-state index contributed by atoms with van der Waals surface area (Å²) >= 11 is 6.14. The average Bonchev–Trinajstić information content (AvgIpc) is 3.25. The van der Waals surface area contributed by atoms with E-state index in [4.69, 9.17) is 16.3 Å². The number of aromatic nitrogens is 3. The maximum absolute atomic E-state index is 13.1. The Balaban J connectivity index is 1.43. The van der Waals surface area contributed by atoms with Crippen LogP contribution < -0.4 is 15.6 Å². The van der Waals surface area contributed by atoms with Crippen molar-refractivity contribution in [3.05, 3.63) is 81.2 Å². The third-order valence-electron chi connectivity index (χ3n) is 5.57.